The molecule has 1 heterocycles. The molecule has 0 aliphatic carbocycles. The van der Waals surface area contributed by atoms with Crippen LogP contribution in [0.5, 0.6) is 5.75 Å². The molecule has 0 amide bonds. The molecule has 1 aromatic carbocycles. The highest BCUT2D eigenvalue weighted by Crippen LogP contribution is 2.28. The summed E-state index contributed by atoms with van der Waals surface area (Å²) in [5.74, 6) is -0.241. The van der Waals surface area contributed by atoms with E-state index in [1.54, 1.807) is 6.07 Å². The smallest absolute Gasteiger partial charge is 0.406 e. The highest BCUT2D eigenvalue weighted by molar-refractivity contribution is 5.30. The van der Waals surface area contributed by atoms with Crippen LogP contribution in [0.3, 0.4) is 0 Å². The molecule has 112 valence electrons. The van der Waals surface area contributed by atoms with Crippen molar-refractivity contribution < 1.29 is 22.6 Å². The van der Waals surface area contributed by atoms with Crippen LogP contribution >= 0.6 is 0 Å². The summed E-state index contributed by atoms with van der Waals surface area (Å²) in [7, 11) is 0. The minimum absolute atomic E-state index is 0.0888. The van der Waals surface area contributed by atoms with Gasteiger partial charge in [0.1, 0.15) is 5.75 Å². The van der Waals surface area contributed by atoms with Crippen molar-refractivity contribution in [2.45, 2.75) is 44.2 Å². The van der Waals surface area contributed by atoms with Gasteiger partial charge in [0.05, 0.1) is 6.10 Å². The molecule has 2 atom stereocenters. The second-order valence-corrected chi connectivity index (χ2v) is 4.95. The first-order valence-electron chi connectivity index (χ1n) is 6.67. The SMILES string of the molecule is NC(CC1CCCCO1)c1cccc(OC(F)(F)F)c1. The molecule has 20 heavy (non-hydrogen) atoms. The lowest BCUT2D eigenvalue weighted by atomic mass is 9.97. The van der Waals surface area contributed by atoms with Crippen molar-refractivity contribution in [3.05, 3.63) is 29.8 Å². The van der Waals surface area contributed by atoms with E-state index in [2.05, 4.69) is 4.74 Å². The molecular formula is C14H18F3NO2. The molecule has 1 aliphatic heterocycles. The van der Waals surface area contributed by atoms with Crippen molar-refractivity contribution in [1.82, 2.24) is 0 Å². The van der Waals surface area contributed by atoms with Crippen molar-refractivity contribution in [3.63, 3.8) is 0 Å². The van der Waals surface area contributed by atoms with Gasteiger partial charge in [-0.1, -0.05) is 12.1 Å². The molecule has 0 spiro atoms. The van der Waals surface area contributed by atoms with E-state index in [9.17, 15) is 13.2 Å². The summed E-state index contributed by atoms with van der Waals surface area (Å²) in [4.78, 5) is 0. The van der Waals surface area contributed by atoms with Crippen molar-refractivity contribution in [2.75, 3.05) is 6.61 Å². The molecule has 3 nitrogen and oxygen atoms in total. The molecule has 1 aromatic rings. The van der Waals surface area contributed by atoms with Gasteiger partial charge in [0, 0.05) is 12.6 Å². The van der Waals surface area contributed by atoms with Crippen LogP contribution < -0.4 is 10.5 Å². The molecule has 0 bridgehead atoms. The van der Waals surface area contributed by atoms with Gasteiger partial charge >= 0.3 is 6.36 Å². The van der Waals surface area contributed by atoms with Crippen molar-refractivity contribution in [1.29, 1.82) is 0 Å². The summed E-state index contributed by atoms with van der Waals surface area (Å²) >= 11 is 0. The van der Waals surface area contributed by atoms with Gasteiger partial charge in [0.15, 0.2) is 0 Å². The first-order valence-corrected chi connectivity index (χ1v) is 6.67. The molecule has 1 fully saturated rings. The third-order valence-electron chi connectivity index (χ3n) is 3.31. The summed E-state index contributed by atoms with van der Waals surface area (Å²) in [5.41, 5.74) is 6.67. The Labute approximate surface area is 115 Å². The lowest BCUT2D eigenvalue weighted by molar-refractivity contribution is -0.274. The molecule has 0 aromatic heterocycles. The Kier molecular flexibility index (Phi) is 4.88. The average molecular weight is 289 g/mol. The lowest BCUT2D eigenvalue weighted by Gasteiger charge is -2.25. The lowest BCUT2D eigenvalue weighted by Crippen LogP contribution is -2.25. The zero-order chi connectivity index (χ0) is 14.6. The summed E-state index contributed by atoms with van der Waals surface area (Å²) in [6.07, 6.45) is -0.877. The number of benzene rings is 1. The van der Waals surface area contributed by atoms with Crippen LogP contribution in [0.2, 0.25) is 0 Å². The highest BCUT2D eigenvalue weighted by Gasteiger charge is 2.31. The molecule has 2 rings (SSSR count). The van der Waals surface area contributed by atoms with Crippen LogP contribution in [-0.2, 0) is 4.74 Å². The second kappa shape index (κ2) is 6.45. The monoisotopic (exact) mass is 289 g/mol. The van der Waals surface area contributed by atoms with E-state index in [1.165, 1.54) is 18.2 Å². The molecule has 1 saturated heterocycles. The predicted octanol–water partition coefficient (Wildman–Crippen LogP) is 3.54. The Morgan fingerprint density at radius 2 is 2.15 bits per heavy atom. The largest absolute Gasteiger partial charge is 0.573 e. The van der Waals surface area contributed by atoms with E-state index in [4.69, 9.17) is 10.5 Å². The molecular weight excluding hydrogens is 271 g/mol. The van der Waals surface area contributed by atoms with Crippen LogP contribution in [0.15, 0.2) is 24.3 Å². The summed E-state index contributed by atoms with van der Waals surface area (Å²) in [6.45, 7) is 0.731. The number of hydrogen-bond donors (Lipinski definition) is 1. The number of halogens is 3. The van der Waals surface area contributed by atoms with E-state index in [0.717, 1.165) is 25.9 Å². The van der Waals surface area contributed by atoms with Gasteiger partial charge in [-0.25, -0.2) is 0 Å². The van der Waals surface area contributed by atoms with Crippen LogP contribution in [0.25, 0.3) is 0 Å². The van der Waals surface area contributed by atoms with Gasteiger partial charge in [0.2, 0.25) is 0 Å². The molecule has 0 saturated carbocycles. The number of rotatable bonds is 4. The van der Waals surface area contributed by atoms with Crippen molar-refractivity contribution in [2.24, 2.45) is 5.73 Å². The molecule has 6 heteroatoms. The minimum atomic E-state index is -4.69. The van der Waals surface area contributed by atoms with Gasteiger partial charge in [-0.05, 0) is 43.4 Å². The van der Waals surface area contributed by atoms with E-state index in [1.807, 2.05) is 0 Å². The number of alkyl halides is 3. The van der Waals surface area contributed by atoms with E-state index in [-0.39, 0.29) is 17.9 Å². The maximum Gasteiger partial charge on any atom is 0.573 e. The summed E-state index contributed by atoms with van der Waals surface area (Å²) in [6, 6.07) is 5.46. The summed E-state index contributed by atoms with van der Waals surface area (Å²) < 4.78 is 46.0. The van der Waals surface area contributed by atoms with Crippen LogP contribution in [0.4, 0.5) is 13.2 Å². The summed E-state index contributed by atoms with van der Waals surface area (Å²) in [5, 5.41) is 0. The first kappa shape index (κ1) is 15.1. The predicted molar refractivity (Wildman–Crippen MR) is 68.3 cm³/mol. The minimum Gasteiger partial charge on any atom is -0.406 e. The van der Waals surface area contributed by atoms with Gasteiger partial charge in [-0.3, -0.25) is 0 Å². The maximum absolute atomic E-state index is 12.2. The van der Waals surface area contributed by atoms with Gasteiger partial charge < -0.3 is 15.2 Å². The third-order valence-corrected chi connectivity index (χ3v) is 3.31. The third kappa shape index (κ3) is 4.68. The van der Waals surface area contributed by atoms with Crippen LogP contribution in [0.1, 0.15) is 37.3 Å². The zero-order valence-corrected chi connectivity index (χ0v) is 11.0. The molecule has 2 N–H and O–H groups in total. The van der Waals surface area contributed by atoms with E-state index >= 15 is 0 Å². The van der Waals surface area contributed by atoms with Gasteiger partial charge in [0.25, 0.3) is 0 Å². The Bertz CT molecular complexity index is 431. The quantitative estimate of drug-likeness (QED) is 0.922. The average Bonchev–Trinajstić information content (AvgIpc) is 2.38. The number of nitrogens with two attached hydrogens (primary N) is 1. The van der Waals surface area contributed by atoms with Gasteiger partial charge in [-0.15, -0.1) is 13.2 Å². The zero-order valence-electron chi connectivity index (χ0n) is 11.0. The van der Waals surface area contributed by atoms with Crippen molar-refractivity contribution >= 4 is 0 Å². The Balaban J connectivity index is 1.98. The number of ether oxygens (including phenoxy) is 2. The highest BCUT2D eigenvalue weighted by atomic mass is 19.4. The van der Waals surface area contributed by atoms with Crippen LogP contribution in [-0.4, -0.2) is 19.1 Å². The fraction of sp³-hybridized carbons (Fsp3) is 0.571. The van der Waals surface area contributed by atoms with E-state index < -0.39 is 6.36 Å². The Morgan fingerprint density at radius 3 is 2.80 bits per heavy atom. The molecule has 1 aliphatic rings. The van der Waals surface area contributed by atoms with E-state index in [0.29, 0.717) is 12.0 Å². The second-order valence-electron chi connectivity index (χ2n) is 4.95. The standard InChI is InChI=1S/C14H18F3NO2/c15-14(16,17)20-12-6-3-4-10(8-12)13(18)9-11-5-1-2-7-19-11/h3-4,6,8,11,13H,1-2,5,7,9,18H2. The topological polar surface area (TPSA) is 44.5 Å². The Morgan fingerprint density at radius 1 is 1.35 bits per heavy atom. The molecule has 2 unspecified atom stereocenters. The van der Waals surface area contributed by atoms with Crippen LogP contribution in [0, 0.1) is 0 Å². The van der Waals surface area contributed by atoms with Gasteiger partial charge in [-0.2, -0.15) is 0 Å². The maximum atomic E-state index is 12.2. The fourth-order valence-electron chi connectivity index (χ4n) is 2.35. The van der Waals surface area contributed by atoms with Crippen molar-refractivity contribution in [3.8, 4) is 5.75 Å². The fourth-order valence-corrected chi connectivity index (χ4v) is 2.35. The number of hydrogen-bond acceptors (Lipinski definition) is 3. The normalized spacial score (nSPS) is 21.5. The first-order chi connectivity index (χ1) is 9.44. The Hall–Kier alpha value is -1.27. The molecule has 0 radical (unpaired) electrons.